The monoisotopic (exact) mass is 254 g/mol. The van der Waals surface area contributed by atoms with Crippen LogP contribution in [-0.4, -0.2) is 27.2 Å². The number of hydrogen-bond acceptors (Lipinski definition) is 6. The zero-order chi connectivity index (χ0) is 13.8. The van der Waals surface area contributed by atoms with Crippen LogP contribution in [0.15, 0.2) is 12.1 Å². The molecular formula is C11H18N4O3. The van der Waals surface area contributed by atoms with E-state index in [1.54, 1.807) is 0 Å². The highest BCUT2D eigenvalue weighted by atomic mass is 16.6. The number of aliphatic hydroxyl groups is 1. The van der Waals surface area contributed by atoms with E-state index in [9.17, 15) is 10.1 Å². The largest absolute Gasteiger partial charge is 0.396 e. The van der Waals surface area contributed by atoms with Crippen molar-refractivity contribution in [2.24, 2.45) is 0 Å². The first-order valence-corrected chi connectivity index (χ1v) is 5.72. The van der Waals surface area contributed by atoms with Gasteiger partial charge in [-0.15, -0.1) is 0 Å². The summed E-state index contributed by atoms with van der Waals surface area (Å²) in [5, 5.41) is 22.9. The number of nitrogen functional groups attached to an aromatic ring is 1. The van der Waals surface area contributed by atoms with Crippen LogP contribution in [0, 0.1) is 10.1 Å². The Morgan fingerprint density at radius 2 is 2.28 bits per heavy atom. The van der Waals surface area contributed by atoms with E-state index in [-0.39, 0.29) is 23.9 Å². The van der Waals surface area contributed by atoms with Crippen molar-refractivity contribution >= 4 is 17.3 Å². The molecule has 1 heterocycles. The zero-order valence-electron chi connectivity index (χ0n) is 10.5. The molecule has 1 unspecified atom stereocenters. The molecule has 0 aliphatic carbocycles. The highest BCUT2D eigenvalue weighted by molar-refractivity contribution is 5.60. The lowest BCUT2D eigenvalue weighted by molar-refractivity contribution is -0.384. The molecule has 0 bridgehead atoms. The summed E-state index contributed by atoms with van der Waals surface area (Å²) in [6.07, 6.45) is 1.17. The van der Waals surface area contributed by atoms with Gasteiger partial charge < -0.3 is 16.2 Å². The molecule has 0 fully saturated rings. The fourth-order valence-corrected chi connectivity index (χ4v) is 1.57. The van der Waals surface area contributed by atoms with Crippen molar-refractivity contribution < 1.29 is 10.0 Å². The first-order chi connectivity index (χ1) is 8.41. The lowest BCUT2D eigenvalue weighted by atomic mass is 9.95. The average molecular weight is 254 g/mol. The van der Waals surface area contributed by atoms with Crippen LogP contribution in [-0.2, 0) is 0 Å². The number of aromatic nitrogens is 1. The van der Waals surface area contributed by atoms with Gasteiger partial charge in [0.15, 0.2) is 0 Å². The molecule has 7 nitrogen and oxygen atoms in total. The Bertz CT molecular complexity index is 438. The van der Waals surface area contributed by atoms with Crippen LogP contribution in [0.5, 0.6) is 0 Å². The Morgan fingerprint density at radius 3 is 2.78 bits per heavy atom. The van der Waals surface area contributed by atoms with E-state index < -0.39 is 10.5 Å². The van der Waals surface area contributed by atoms with Gasteiger partial charge in [-0.1, -0.05) is 6.92 Å². The molecule has 0 aliphatic rings. The van der Waals surface area contributed by atoms with Crippen molar-refractivity contribution in [3.05, 3.63) is 22.2 Å². The molecule has 0 amide bonds. The van der Waals surface area contributed by atoms with Crippen LogP contribution < -0.4 is 11.1 Å². The van der Waals surface area contributed by atoms with Gasteiger partial charge in [-0.25, -0.2) is 4.98 Å². The maximum atomic E-state index is 10.9. The minimum absolute atomic E-state index is 0.00649. The zero-order valence-corrected chi connectivity index (χ0v) is 10.5. The summed E-state index contributed by atoms with van der Waals surface area (Å²) in [5.41, 5.74) is 4.96. The van der Waals surface area contributed by atoms with Crippen LogP contribution in [0.1, 0.15) is 26.7 Å². The topological polar surface area (TPSA) is 114 Å². The van der Waals surface area contributed by atoms with E-state index in [0.717, 1.165) is 0 Å². The molecule has 0 aliphatic heterocycles. The first-order valence-electron chi connectivity index (χ1n) is 5.72. The predicted molar refractivity (Wildman–Crippen MR) is 69.3 cm³/mol. The fraction of sp³-hybridized carbons (Fsp3) is 0.545. The number of hydrogen-bond donors (Lipinski definition) is 3. The normalized spacial score (nSPS) is 13.9. The van der Waals surface area contributed by atoms with Gasteiger partial charge in [0, 0.05) is 18.2 Å². The van der Waals surface area contributed by atoms with Gasteiger partial charge in [0.1, 0.15) is 5.82 Å². The Labute approximate surface area is 105 Å². The second-order valence-corrected chi connectivity index (χ2v) is 4.37. The van der Waals surface area contributed by atoms with E-state index in [0.29, 0.717) is 12.8 Å². The number of rotatable bonds is 6. The van der Waals surface area contributed by atoms with Crippen LogP contribution in [0.4, 0.5) is 17.3 Å². The number of nitrogens with two attached hydrogens (primary N) is 1. The number of nitrogens with one attached hydrogen (secondary N) is 1. The molecule has 7 heteroatoms. The van der Waals surface area contributed by atoms with Crippen molar-refractivity contribution in [2.45, 2.75) is 32.2 Å². The smallest absolute Gasteiger partial charge is 0.311 e. The maximum Gasteiger partial charge on any atom is 0.311 e. The van der Waals surface area contributed by atoms with Crippen LogP contribution in [0.25, 0.3) is 0 Å². The summed E-state index contributed by atoms with van der Waals surface area (Å²) in [5.74, 6) is 0.350. The third kappa shape index (κ3) is 3.30. The molecular weight excluding hydrogens is 236 g/mol. The first kappa shape index (κ1) is 14.2. The van der Waals surface area contributed by atoms with Crippen LogP contribution in [0.3, 0.4) is 0 Å². The van der Waals surface area contributed by atoms with Gasteiger partial charge in [0.05, 0.1) is 4.92 Å². The summed E-state index contributed by atoms with van der Waals surface area (Å²) in [6, 6.07) is 2.71. The molecule has 0 saturated carbocycles. The minimum atomic E-state index is -0.510. The van der Waals surface area contributed by atoms with Gasteiger partial charge in [-0.05, 0) is 25.8 Å². The van der Waals surface area contributed by atoms with Crippen molar-refractivity contribution in [2.75, 3.05) is 17.7 Å². The van der Waals surface area contributed by atoms with Crippen LogP contribution >= 0.6 is 0 Å². The van der Waals surface area contributed by atoms with Gasteiger partial charge >= 0.3 is 5.69 Å². The van der Waals surface area contributed by atoms with E-state index in [1.165, 1.54) is 12.1 Å². The molecule has 1 aromatic rings. The Morgan fingerprint density at radius 1 is 1.61 bits per heavy atom. The molecule has 0 aromatic carbocycles. The second-order valence-electron chi connectivity index (χ2n) is 4.37. The molecule has 100 valence electrons. The third-order valence-electron chi connectivity index (χ3n) is 2.96. The van der Waals surface area contributed by atoms with Gasteiger partial charge in [-0.3, -0.25) is 10.1 Å². The Kier molecular flexibility index (Phi) is 4.43. The summed E-state index contributed by atoms with van der Waals surface area (Å²) < 4.78 is 0. The van der Waals surface area contributed by atoms with Crippen molar-refractivity contribution in [1.29, 1.82) is 0 Å². The van der Waals surface area contributed by atoms with Gasteiger partial charge in [0.25, 0.3) is 0 Å². The number of anilines is 2. The standard InChI is InChI=1S/C11H18N4O3/c1-3-11(2,6-7-16)14-10-8(15(17)18)4-5-9(12)13-10/h4-5,16H,3,6-7H2,1-2H3,(H3,12,13,14). The van der Waals surface area contributed by atoms with Crippen molar-refractivity contribution in [3.63, 3.8) is 0 Å². The summed E-state index contributed by atoms with van der Waals surface area (Å²) >= 11 is 0. The van der Waals surface area contributed by atoms with E-state index in [2.05, 4.69) is 10.3 Å². The van der Waals surface area contributed by atoms with E-state index in [1.807, 2.05) is 13.8 Å². The second kappa shape index (κ2) is 5.63. The quantitative estimate of drug-likeness (QED) is 0.524. The lowest BCUT2D eigenvalue weighted by Gasteiger charge is -2.29. The molecule has 0 spiro atoms. The number of aliphatic hydroxyl groups excluding tert-OH is 1. The van der Waals surface area contributed by atoms with Crippen molar-refractivity contribution in [1.82, 2.24) is 4.98 Å². The molecule has 1 aromatic heterocycles. The van der Waals surface area contributed by atoms with E-state index >= 15 is 0 Å². The molecule has 18 heavy (non-hydrogen) atoms. The maximum absolute atomic E-state index is 10.9. The molecule has 1 atom stereocenters. The Hall–Kier alpha value is -1.89. The Balaban J connectivity index is 3.08. The van der Waals surface area contributed by atoms with Crippen molar-refractivity contribution in [3.8, 4) is 0 Å². The molecule has 0 radical (unpaired) electrons. The summed E-state index contributed by atoms with van der Waals surface area (Å²) in [4.78, 5) is 14.3. The van der Waals surface area contributed by atoms with E-state index in [4.69, 9.17) is 10.8 Å². The SMILES string of the molecule is CCC(C)(CCO)Nc1nc(N)ccc1[N+](=O)[O-]. The van der Waals surface area contributed by atoms with Gasteiger partial charge in [-0.2, -0.15) is 0 Å². The predicted octanol–water partition coefficient (Wildman–Crippen LogP) is 1.53. The van der Waals surface area contributed by atoms with Crippen LogP contribution in [0.2, 0.25) is 0 Å². The number of pyridine rings is 1. The lowest BCUT2D eigenvalue weighted by Crippen LogP contribution is -2.35. The average Bonchev–Trinajstić information content (AvgIpc) is 2.29. The minimum Gasteiger partial charge on any atom is -0.396 e. The van der Waals surface area contributed by atoms with Gasteiger partial charge in [0.2, 0.25) is 5.82 Å². The molecule has 0 saturated heterocycles. The highest BCUT2D eigenvalue weighted by Crippen LogP contribution is 2.28. The summed E-state index contributed by atoms with van der Waals surface area (Å²) in [6.45, 7) is 3.80. The summed E-state index contributed by atoms with van der Waals surface area (Å²) in [7, 11) is 0. The fourth-order valence-electron chi connectivity index (χ4n) is 1.57. The molecule has 1 rings (SSSR count). The number of nitrogens with zero attached hydrogens (tertiary/aromatic N) is 2. The third-order valence-corrected chi connectivity index (χ3v) is 2.96. The highest BCUT2D eigenvalue weighted by Gasteiger charge is 2.26. The molecule has 4 N–H and O–H groups in total. The number of nitro groups is 1.